The van der Waals surface area contributed by atoms with Crippen molar-refractivity contribution < 1.29 is 13.6 Å². The molecule has 0 aliphatic rings. The molecule has 0 N–H and O–H groups in total. The van der Waals surface area contributed by atoms with Gasteiger partial charge in [-0.25, -0.2) is 0 Å². The van der Waals surface area contributed by atoms with Gasteiger partial charge in [-0.1, -0.05) is 52.3 Å². The molecule has 0 heterocycles. The van der Waals surface area contributed by atoms with Gasteiger partial charge in [0.1, 0.15) is 0 Å². The van der Waals surface area contributed by atoms with Gasteiger partial charge in [0.2, 0.25) is 0 Å². The zero-order chi connectivity index (χ0) is 14.1. The molecule has 1 aromatic rings. The van der Waals surface area contributed by atoms with Gasteiger partial charge in [-0.3, -0.25) is 4.57 Å². The highest BCUT2D eigenvalue weighted by molar-refractivity contribution is 9.08. The van der Waals surface area contributed by atoms with Crippen molar-refractivity contribution >= 4 is 23.5 Å². The number of benzene rings is 1. The Bertz CT molecular complexity index is 440. The topological polar surface area (TPSA) is 35.5 Å². The predicted molar refractivity (Wildman–Crippen MR) is 82.7 cm³/mol. The van der Waals surface area contributed by atoms with Gasteiger partial charge in [0, 0.05) is 5.33 Å². The lowest BCUT2D eigenvalue weighted by molar-refractivity contribution is 0.236. The van der Waals surface area contributed by atoms with Gasteiger partial charge in [-0.15, -0.1) is 13.2 Å². The monoisotopic (exact) mass is 344 g/mol. The molecule has 0 unspecified atom stereocenters. The summed E-state index contributed by atoms with van der Waals surface area (Å²) in [6.07, 6.45) is 3.35. The highest BCUT2D eigenvalue weighted by atomic mass is 79.9. The fourth-order valence-corrected chi connectivity index (χ4v) is 3.37. The molecule has 0 radical (unpaired) electrons. The molecule has 0 saturated heterocycles. The van der Waals surface area contributed by atoms with Gasteiger partial charge in [-0.2, -0.15) is 0 Å². The molecule has 0 spiro atoms. The molecule has 1 aromatic carbocycles. The van der Waals surface area contributed by atoms with E-state index < -0.39 is 7.60 Å². The van der Waals surface area contributed by atoms with E-state index in [1.54, 1.807) is 12.2 Å². The molecular weight excluding hydrogens is 327 g/mol. The van der Waals surface area contributed by atoms with Gasteiger partial charge in [0.25, 0.3) is 0 Å². The zero-order valence-electron chi connectivity index (χ0n) is 10.8. The van der Waals surface area contributed by atoms with Crippen LogP contribution in [0.1, 0.15) is 11.1 Å². The number of hydrogen-bond donors (Lipinski definition) is 0. The lowest BCUT2D eigenvalue weighted by Crippen LogP contribution is -2.00. The summed E-state index contributed by atoms with van der Waals surface area (Å²) >= 11 is 3.39. The Hall–Kier alpha value is -0.670. The highest BCUT2D eigenvalue weighted by Crippen LogP contribution is 2.51. The van der Waals surface area contributed by atoms with Crippen LogP contribution in [0.15, 0.2) is 49.6 Å². The van der Waals surface area contributed by atoms with E-state index in [0.29, 0.717) is 0 Å². The normalized spacial score (nSPS) is 11.2. The molecule has 104 valence electrons. The van der Waals surface area contributed by atoms with Crippen LogP contribution in [0.2, 0.25) is 0 Å². The van der Waals surface area contributed by atoms with Gasteiger partial charge in [0.05, 0.1) is 19.4 Å². The van der Waals surface area contributed by atoms with Crippen molar-refractivity contribution in [2.24, 2.45) is 0 Å². The van der Waals surface area contributed by atoms with Gasteiger partial charge in [-0.05, 0) is 11.1 Å². The minimum atomic E-state index is -3.15. The Labute approximate surface area is 123 Å². The summed E-state index contributed by atoms with van der Waals surface area (Å²) in [7, 11) is -3.15. The third-order valence-electron chi connectivity index (χ3n) is 2.33. The van der Waals surface area contributed by atoms with Crippen molar-refractivity contribution in [1.29, 1.82) is 0 Å². The largest absolute Gasteiger partial charge is 0.335 e. The SMILES string of the molecule is C=CCOP(=O)(Cc1ccc(CBr)cc1)OCC=C. The minimum absolute atomic E-state index is 0.202. The van der Waals surface area contributed by atoms with Crippen LogP contribution in [0.25, 0.3) is 0 Å². The van der Waals surface area contributed by atoms with Gasteiger partial charge >= 0.3 is 7.60 Å². The second kappa shape index (κ2) is 8.49. The molecule has 0 aromatic heterocycles. The van der Waals surface area contributed by atoms with Gasteiger partial charge < -0.3 is 9.05 Å². The molecule has 3 nitrogen and oxygen atoms in total. The van der Waals surface area contributed by atoms with Crippen molar-refractivity contribution in [2.75, 3.05) is 13.2 Å². The number of halogens is 1. The maximum Gasteiger partial charge on any atom is 0.335 e. The van der Waals surface area contributed by atoms with Gasteiger partial charge in [0.15, 0.2) is 0 Å². The van der Waals surface area contributed by atoms with Crippen molar-refractivity contribution in [3.05, 3.63) is 60.7 Å². The van der Waals surface area contributed by atoms with Crippen LogP contribution in [-0.4, -0.2) is 13.2 Å². The lowest BCUT2D eigenvalue weighted by atomic mass is 10.2. The number of hydrogen-bond acceptors (Lipinski definition) is 3. The first kappa shape index (κ1) is 16.4. The quantitative estimate of drug-likeness (QED) is 0.370. The Morgan fingerprint density at radius 2 is 1.53 bits per heavy atom. The molecule has 19 heavy (non-hydrogen) atoms. The summed E-state index contributed by atoms with van der Waals surface area (Å²) in [6, 6.07) is 7.82. The van der Waals surface area contributed by atoms with Crippen molar-refractivity contribution in [1.82, 2.24) is 0 Å². The molecule has 0 bridgehead atoms. The Morgan fingerprint density at radius 1 is 1.05 bits per heavy atom. The average Bonchev–Trinajstić information content (AvgIpc) is 2.44. The molecule has 0 aliphatic carbocycles. The van der Waals surface area contributed by atoms with E-state index in [2.05, 4.69) is 29.1 Å². The van der Waals surface area contributed by atoms with Crippen LogP contribution in [0.3, 0.4) is 0 Å². The summed E-state index contributed by atoms with van der Waals surface area (Å²) < 4.78 is 23.1. The Balaban J connectivity index is 2.76. The molecule has 0 saturated carbocycles. The summed E-state index contributed by atoms with van der Waals surface area (Å²) in [5, 5.41) is 0.796. The summed E-state index contributed by atoms with van der Waals surface area (Å²) in [6.45, 7) is 7.50. The fraction of sp³-hybridized carbons (Fsp3) is 0.286. The second-order valence-corrected chi connectivity index (χ2v) is 6.50. The van der Waals surface area contributed by atoms with E-state index in [4.69, 9.17) is 9.05 Å². The number of rotatable bonds is 9. The molecule has 0 amide bonds. The Morgan fingerprint density at radius 3 is 1.95 bits per heavy atom. The first-order valence-electron chi connectivity index (χ1n) is 5.87. The fourth-order valence-electron chi connectivity index (χ4n) is 1.42. The standard InChI is InChI=1S/C14H18BrO3P/c1-3-9-17-19(16,18-10-4-2)12-14-7-5-13(11-15)6-8-14/h3-8H,1-2,9-12H2. The van der Waals surface area contributed by atoms with Crippen molar-refractivity contribution in [2.45, 2.75) is 11.5 Å². The van der Waals surface area contributed by atoms with Crippen LogP contribution in [0, 0.1) is 0 Å². The second-order valence-electron chi connectivity index (χ2n) is 3.89. The zero-order valence-corrected chi connectivity index (χ0v) is 13.2. The van der Waals surface area contributed by atoms with E-state index >= 15 is 0 Å². The number of alkyl halides is 1. The van der Waals surface area contributed by atoms with Crippen molar-refractivity contribution in [3.63, 3.8) is 0 Å². The van der Waals surface area contributed by atoms with E-state index in [-0.39, 0.29) is 19.4 Å². The van der Waals surface area contributed by atoms with Crippen LogP contribution >= 0.6 is 23.5 Å². The highest BCUT2D eigenvalue weighted by Gasteiger charge is 2.24. The lowest BCUT2D eigenvalue weighted by Gasteiger charge is -2.17. The molecule has 0 fully saturated rings. The van der Waals surface area contributed by atoms with Crippen LogP contribution in [0.5, 0.6) is 0 Å². The average molecular weight is 345 g/mol. The maximum absolute atomic E-state index is 12.5. The first-order chi connectivity index (χ1) is 9.13. The molecule has 0 atom stereocenters. The third-order valence-corrected chi connectivity index (χ3v) is 4.82. The van der Waals surface area contributed by atoms with E-state index in [9.17, 15) is 4.57 Å². The summed E-state index contributed by atoms with van der Waals surface area (Å²) in [5.41, 5.74) is 2.08. The van der Waals surface area contributed by atoms with Crippen LogP contribution in [-0.2, 0) is 25.1 Å². The molecular formula is C14H18BrO3P. The van der Waals surface area contributed by atoms with Crippen LogP contribution in [0.4, 0.5) is 0 Å². The predicted octanol–water partition coefficient (Wildman–Crippen LogP) is 4.68. The summed E-state index contributed by atoms with van der Waals surface area (Å²) in [5.74, 6) is 0. The summed E-state index contributed by atoms with van der Waals surface area (Å²) in [4.78, 5) is 0. The smallest absolute Gasteiger partial charge is 0.304 e. The minimum Gasteiger partial charge on any atom is -0.304 e. The molecule has 5 heteroatoms. The van der Waals surface area contributed by atoms with Crippen molar-refractivity contribution in [3.8, 4) is 0 Å². The molecule has 1 rings (SSSR count). The van der Waals surface area contributed by atoms with E-state index in [1.807, 2.05) is 24.3 Å². The molecule has 0 aliphatic heterocycles. The van der Waals surface area contributed by atoms with E-state index in [0.717, 1.165) is 16.5 Å². The third kappa shape index (κ3) is 5.87. The van der Waals surface area contributed by atoms with Crippen LogP contribution < -0.4 is 0 Å². The maximum atomic E-state index is 12.5. The van der Waals surface area contributed by atoms with E-state index in [1.165, 1.54) is 0 Å². The Kier molecular flexibility index (Phi) is 7.32. The first-order valence-corrected chi connectivity index (χ1v) is 8.72.